The SMILES string of the molecule is COc1ccc([C@H](C)N2C[C@@]34C=C[C@@H](O3)[C@H](C(=O)O)[C@@H]4C2=O)cc1. The molecule has 0 aromatic heterocycles. The van der Waals surface area contributed by atoms with E-state index in [1.54, 1.807) is 18.1 Å². The van der Waals surface area contributed by atoms with Crippen LogP contribution in [0.2, 0.25) is 0 Å². The molecule has 2 bridgehead atoms. The largest absolute Gasteiger partial charge is 0.497 e. The molecule has 5 atom stereocenters. The van der Waals surface area contributed by atoms with E-state index in [-0.39, 0.29) is 11.9 Å². The van der Waals surface area contributed by atoms with E-state index in [1.807, 2.05) is 37.3 Å². The first-order valence-corrected chi connectivity index (χ1v) is 8.01. The zero-order chi connectivity index (χ0) is 17.1. The van der Waals surface area contributed by atoms with Crippen molar-refractivity contribution >= 4 is 11.9 Å². The number of nitrogens with zero attached hydrogens (tertiary/aromatic N) is 1. The Bertz CT molecular complexity index is 727. The maximum absolute atomic E-state index is 12.9. The van der Waals surface area contributed by atoms with E-state index in [1.165, 1.54) is 0 Å². The van der Waals surface area contributed by atoms with Crippen molar-refractivity contribution in [2.45, 2.75) is 24.7 Å². The molecule has 3 heterocycles. The van der Waals surface area contributed by atoms with Gasteiger partial charge in [0.2, 0.25) is 5.91 Å². The molecule has 126 valence electrons. The monoisotopic (exact) mass is 329 g/mol. The summed E-state index contributed by atoms with van der Waals surface area (Å²) in [6, 6.07) is 7.39. The molecule has 24 heavy (non-hydrogen) atoms. The number of methoxy groups -OCH3 is 1. The molecule has 1 spiro atoms. The molecule has 6 heteroatoms. The van der Waals surface area contributed by atoms with Crippen LogP contribution in [0.4, 0.5) is 0 Å². The maximum Gasteiger partial charge on any atom is 0.310 e. The van der Waals surface area contributed by atoms with Gasteiger partial charge in [-0.25, -0.2) is 0 Å². The predicted molar refractivity (Wildman–Crippen MR) is 84.5 cm³/mol. The molecule has 0 saturated carbocycles. The average molecular weight is 329 g/mol. The molecule has 3 aliphatic heterocycles. The van der Waals surface area contributed by atoms with Crippen molar-refractivity contribution in [3.63, 3.8) is 0 Å². The average Bonchev–Trinajstić information content (AvgIpc) is 3.22. The second-order valence-electron chi connectivity index (χ2n) is 6.65. The first kappa shape index (κ1) is 15.2. The quantitative estimate of drug-likeness (QED) is 0.850. The van der Waals surface area contributed by atoms with Crippen molar-refractivity contribution in [3.05, 3.63) is 42.0 Å². The van der Waals surface area contributed by atoms with Crippen LogP contribution in [0.1, 0.15) is 18.5 Å². The Morgan fingerprint density at radius 1 is 1.42 bits per heavy atom. The molecule has 0 aliphatic carbocycles. The number of carbonyl (C=O) groups excluding carboxylic acids is 1. The van der Waals surface area contributed by atoms with Gasteiger partial charge >= 0.3 is 5.97 Å². The zero-order valence-corrected chi connectivity index (χ0v) is 13.5. The Hall–Kier alpha value is -2.34. The van der Waals surface area contributed by atoms with Gasteiger partial charge in [-0.05, 0) is 24.6 Å². The molecule has 2 fully saturated rings. The van der Waals surface area contributed by atoms with Gasteiger partial charge in [-0.15, -0.1) is 0 Å². The minimum atomic E-state index is -0.969. The number of aliphatic carboxylic acids is 1. The fourth-order valence-corrected chi connectivity index (χ4v) is 4.20. The summed E-state index contributed by atoms with van der Waals surface area (Å²) < 4.78 is 11.1. The molecule has 6 nitrogen and oxygen atoms in total. The minimum Gasteiger partial charge on any atom is -0.497 e. The third-order valence-corrected chi connectivity index (χ3v) is 5.48. The van der Waals surface area contributed by atoms with Gasteiger partial charge < -0.3 is 19.5 Å². The summed E-state index contributed by atoms with van der Waals surface area (Å²) in [6.45, 7) is 2.34. The van der Waals surface area contributed by atoms with E-state index in [0.717, 1.165) is 11.3 Å². The number of carbonyl (C=O) groups is 2. The van der Waals surface area contributed by atoms with Crippen LogP contribution in [0.15, 0.2) is 36.4 Å². The number of amides is 1. The number of carboxylic acids is 1. The van der Waals surface area contributed by atoms with E-state index >= 15 is 0 Å². The number of hydrogen-bond donors (Lipinski definition) is 1. The van der Waals surface area contributed by atoms with Crippen LogP contribution in [0.25, 0.3) is 0 Å². The van der Waals surface area contributed by atoms with Crippen LogP contribution >= 0.6 is 0 Å². The topological polar surface area (TPSA) is 76.1 Å². The van der Waals surface area contributed by atoms with Crippen molar-refractivity contribution in [1.82, 2.24) is 4.90 Å². The smallest absolute Gasteiger partial charge is 0.310 e. The lowest BCUT2D eigenvalue weighted by Gasteiger charge is -2.27. The van der Waals surface area contributed by atoms with E-state index in [2.05, 4.69) is 0 Å². The van der Waals surface area contributed by atoms with Crippen molar-refractivity contribution < 1.29 is 24.2 Å². The van der Waals surface area contributed by atoms with Crippen LogP contribution < -0.4 is 4.74 Å². The van der Waals surface area contributed by atoms with Gasteiger partial charge in [-0.2, -0.15) is 0 Å². The molecule has 0 unspecified atom stereocenters. The van der Waals surface area contributed by atoms with Gasteiger partial charge in [0.25, 0.3) is 0 Å². The maximum atomic E-state index is 12.9. The molecular formula is C18H19NO5. The van der Waals surface area contributed by atoms with Crippen LogP contribution in [0.3, 0.4) is 0 Å². The van der Waals surface area contributed by atoms with Crippen LogP contribution in [0, 0.1) is 11.8 Å². The van der Waals surface area contributed by atoms with Crippen molar-refractivity contribution in [2.75, 3.05) is 13.7 Å². The predicted octanol–water partition coefficient (Wildman–Crippen LogP) is 1.62. The van der Waals surface area contributed by atoms with Gasteiger partial charge in [-0.1, -0.05) is 24.3 Å². The minimum absolute atomic E-state index is 0.141. The molecule has 1 aromatic carbocycles. The number of benzene rings is 1. The number of carboxylic acid groups (broad SMARTS) is 1. The molecule has 4 rings (SSSR count). The van der Waals surface area contributed by atoms with Crippen molar-refractivity contribution in [1.29, 1.82) is 0 Å². The van der Waals surface area contributed by atoms with E-state index in [0.29, 0.717) is 6.54 Å². The first-order chi connectivity index (χ1) is 11.5. The fourth-order valence-electron chi connectivity index (χ4n) is 4.20. The summed E-state index contributed by atoms with van der Waals surface area (Å²) in [6.07, 6.45) is 3.17. The first-order valence-electron chi connectivity index (χ1n) is 8.01. The zero-order valence-electron chi connectivity index (χ0n) is 13.5. The van der Waals surface area contributed by atoms with Crippen molar-refractivity contribution in [2.24, 2.45) is 11.8 Å². The Kier molecular flexibility index (Phi) is 3.22. The molecular weight excluding hydrogens is 310 g/mol. The van der Waals surface area contributed by atoms with Crippen LogP contribution in [-0.4, -0.2) is 47.2 Å². The molecule has 3 aliphatic rings. The summed E-state index contributed by atoms with van der Waals surface area (Å²) in [5.41, 5.74) is 0.192. The molecule has 1 aromatic rings. The lowest BCUT2D eigenvalue weighted by molar-refractivity contribution is -0.148. The molecule has 1 amide bonds. The summed E-state index contributed by atoms with van der Waals surface area (Å²) in [5, 5.41) is 9.50. The highest BCUT2D eigenvalue weighted by molar-refractivity contribution is 5.91. The summed E-state index contributed by atoms with van der Waals surface area (Å²) >= 11 is 0. The Balaban J connectivity index is 1.63. The van der Waals surface area contributed by atoms with Gasteiger partial charge in [-0.3, -0.25) is 9.59 Å². The molecule has 2 saturated heterocycles. The number of rotatable bonds is 4. The van der Waals surface area contributed by atoms with Gasteiger partial charge in [0, 0.05) is 0 Å². The lowest BCUT2D eigenvalue weighted by atomic mass is 9.77. The highest BCUT2D eigenvalue weighted by Crippen LogP contribution is 2.53. The third-order valence-electron chi connectivity index (χ3n) is 5.48. The molecule has 0 radical (unpaired) electrons. The second-order valence-corrected chi connectivity index (χ2v) is 6.65. The summed E-state index contributed by atoms with van der Waals surface area (Å²) in [4.78, 5) is 26.3. The highest BCUT2D eigenvalue weighted by Gasteiger charge is 2.67. The summed E-state index contributed by atoms with van der Waals surface area (Å²) in [7, 11) is 1.61. The Morgan fingerprint density at radius 2 is 2.12 bits per heavy atom. The van der Waals surface area contributed by atoms with Crippen LogP contribution in [0.5, 0.6) is 5.75 Å². The number of fused-ring (bicyclic) bond motifs is 1. The number of likely N-dealkylation sites (tertiary alicyclic amines) is 1. The molecule has 1 N–H and O–H groups in total. The van der Waals surface area contributed by atoms with Crippen molar-refractivity contribution in [3.8, 4) is 5.75 Å². The van der Waals surface area contributed by atoms with Crippen LogP contribution in [-0.2, 0) is 14.3 Å². The highest BCUT2D eigenvalue weighted by atomic mass is 16.5. The summed E-state index contributed by atoms with van der Waals surface area (Å²) in [5.74, 6) is -1.78. The normalized spacial score (nSPS) is 34.5. The Morgan fingerprint density at radius 3 is 2.75 bits per heavy atom. The third kappa shape index (κ3) is 1.92. The van der Waals surface area contributed by atoms with Gasteiger partial charge in [0.15, 0.2) is 0 Å². The van der Waals surface area contributed by atoms with Gasteiger partial charge in [0.1, 0.15) is 17.3 Å². The lowest BCUT2D eigenvalue weighted by Crippen LogP contribution is -2.39. The fraction of sp³-hybridized carbons (Fsp3) is 0.444. The van der Waals surface area contributed by atoms with E-state index in [9.17, 15) is 14.7 Å². The Labute approximate surface area is 139 Å². The van der Waals surface area contributed by atoms with Gasteiger partial charge in [0.05, 0.1) is 31.7 Å². The number of ether oxygens (including phenoxy) is 2. The second kappa shape index (κ2) is 5.08. The van der Waals surface area contributed by atoms with E-state index in [4.69, 9.17) is 9.47 Å². The standard InChI is InChI=1S/C18H19NO5/c1-10(11-3-5-12(23-2)6-4-11)19-9-18-8-7-13(24-18)14(17(21)22)15(18)16(19)20/h3-8,10,13-15H,9H2,1-2H3,(H,21,22)/t10-,13+,14-,15+,18+/m0/s1. The number of hydrogen-bond acceptors (Lipinski definition) is 4. The van der Waals surface area contributed by atoms with E-state index < -0.39 is 29.5 Å².